The maximum absolute atomic E-state index is 12.4. The molecule has 0 atom stereocenters. The Morgan fingerprint density at radius 2 is 1.75 bits per heavy atom. The Labute approximate surface area is 151 Å². The molecule has 0 spiro atoms. The monoisotopic (exact) mass is 388 g/mol. The van der Waals surface area contributed by atoms with Crippen LogP contribution in [0, 0.1) is 20.8 Å². The summed E-state index contributed by atoms with van der Waals surface area (Å²) in [6.07, 6.45) is 0. The molecule has 0 saturated carbocycles. The van der Waals surface area contributed by atoms with Crippen LogP contribution in [0.5, 0.6) is 0 Å². The fourth-order valence-electron chi connectivity index (χ4n) is 2.49. The van der Waals surface area contributed by atoms with Gasteiger partial charge in [-0.3, -0.25) is 9.59 Å². The highest BCUT2D eigenvalue weighted by Crippen LogP contribution is 2.23. The van der Waals surface area contributed by atoms with Crippen LogP contribution in [0.3, 0.4) is 0 Å². The Morgan fingerprint density at radius 3 is 2.33 bits per heavy atom. The van der Waals surface area contributed by atoms with Crippen molar-refractivity contribution in [3.63, 3.8) is 0 Å². The lowest BCUT2D eigenvalue weighted by Crippen LogP contribution is -2.37. The van der Waals surface area contributed by atoms with Gasteiger partial charge in [-0.2, -0.15) is 0 Å². The highest BCUT2D eigenvalue weighted by molar-refractivity contribution is 9.10. The third-order valence-corrected chi connectivity index (χ3v) is 4.63. The van der Waals surface area contributed by atoms with Crippen LogP contribution in [0.4, 0.5) is 11.4 Å². The van der Waals surface area contributed by atoms with Gasteiger partial charge in [0.25, 0.3) is 0 Å². The van der Waals surface area contributed by atoms with Gasteiger partial charge < -0.3 is 10.2 Å². The molecule has 126 valence electrons. The van der Waals surface area contributed by atoms with E-state index in [9.17, 15) is 9.59 Å². The number of benzene rings is 2. The van der Waals surface area contributed by atoms with E-state index in [2.05, 4.69) is 21.2 Å². The first-order chi connectivity index (χ1) is 11.3. The summed E-state index contributed by atoms with van der Waals surface area (Å²) in [4.78, 5) is 25.9. The van der Waals surface area contributed by atoms with E-state index in [0.29, 0.717) is 5.69 Å². The zero-order valence-corrected chi connectivity index (χ0v) is 15.9. The van der Waals surface area contributed by atoms with E-state index in [0.717, 1.165) is 26.9 Å². The second kappa shape index (κ2) is 7.62. The van der Waals surface area contributed by atoms with Crippen molar-refractivity contribution in [3.8, 4) is 0 Å². The van der Waals surface area contributed by atoms with Crippen LogP contribution >= 0.6 is 15.9 Å². The summed E-state index contributed by atoms with van der Waals surface area (Å²) in [5, 5.41) is 2.83. The molecule has 2 aromatic carbocycles. The summed E-state index contributed by atoms with van der Waals surface area (Å²) in [5.41, 5.74) is 4.63. The molecular weight excluding hydrogens is 368 g/mol. The zero-order chi connectivity index (χ0) is 17.9. The minimum atomic E-state index is -0.235. The molecule has 0 aromatic heterocycles. The lowest BCUT2D eigenvalue weighted by Gasteiger charge is -2.23. The highest BCUT2D eigenvalue weighted by atomic mass is 79.9. The number of hydrogen-bond donors (Lipinski definition) is 1. The van der Waals surface area contributed by atoms with Crippen LogP contribution in [-0.4, -0.2) is 18.4 Å². The quantitative estimate of drug-likeness (QED) is 0.845. The Morgan fingerprint density at radius 1 is 1.04 bits per heavy atom. The Bertz CT molecular complexity index is 787. The van der Waals surface area contributed by atoms with E-state index in [1.165, 1.54) is 11.8 Å². The maximum atomic E-state index is 12.4. The van der Waals surface area contributed by atoms with Gasteiger partial charge in [0.1, 0.15) is 6.54 Å². The number of anilines is 2. The van der Waals surface area contributed by atoms with Gasteiger partial charge in [-0.05, 0) is 50.1 Å². The normalized spacial score (nSPS) is 10.4. The molecule has 0 aliphatic carbocycles. The molecule has 2 rings (SSSR count). The molecule has 2 aromatic rings. The molecule has 0 unspecified atom stereocenters. The first-order valence-corrected chi connectivity index (χ1v) is 8.48. The second-order valence-electron chi connectivity index (χ2n) is 5.91. The predicted octanol–water partition coefficient (Wildman–Crippen LogP) is 4.37. The van der Waals surface area contributed by atoms with Gasteiger partial charge in [0.15, 0.2) is 0 Å². The second-order valence-corrected chi connectivity index (χ2v) is 6.76. The molecule has 24 heavy (non-hydrogen) atoms. The van der Waals surface area contributed by atoms with Crippen molar-refractivity contribution < 1.29 is 9.59 Å². The number of aryl methyl sites for hydroxylation is 3. The Balaban J connectivity index is 2.16. The molecule has 5 heteroatoms. The number of rotatable bonds is 4. The summed E-state index contributed by atoms with van der Waals surface area (Å²) in [5.74, 6) is -0.400. The first-order valence-electron chi connectivity index (χ1n) is 7.69. The first kappa shape index (κ1) is 18.2. The van der Waals surface area contributed by atoms with Crippen molar-refractivity contribution in [2.24, 2.45) is 0 Å². The van der Waals surface area contributed by atoms with Crippen molar-refractivity contribution in [1.29, 1.82) is 0 Å². The van der Waals surface area contributed by atoms with Crippen molar-refractivity contribution in [3.05, 3.63) is 57.6 Å². The van der Waals surface area contributed by atoms with Crippen LogP contribution in [0.2, 0.25) is 0 Å². The number of nitrogens with one attached hydrogen (secondary N) is 1. The molecule has 0 fully saturated rings. The molecule has 0 radical (unpaired) electrons. The number of hydrogen-bond acceptors (Lipinski definition) is 2. The van der Waals surface area contributed by atoms with Crippen LogP contribution in [-0.2, 0) is 9.59 Å². The third kappa shape index (κ3) is 4.45. The van der Waals surface area contributed by atoms with E-state index in [-0.39, 0.29) is 18.4 Å². The Kier molecular flexibility index (Phi) is 5.78. The molecule has 1 N–H and O–H groups in total. The average Bonchev–Trinajstić information content (AvgIpc) is 2.49. The van der Waals surface area contributed by atoms with E-state index in [1.54, 1.807) is 0 Å². The van der Waals surface area contributed by atoms with E-state index < -0.39 is 0 Å². The van der Waals surface area contributed by atoms with Crippen molar-refractivity contribution in [2.45, 2.75) is 27.7 Å². The largest absolute Gasteiger partial charge is 0.324 e. The topological polar surface area (TPSA) is 49.4 Å². The van der Waals surface area contributed by atoms with E-state index in [4.69, 9.17) is 0 Å². The van der Waals surface area contributed by atoms with Gasteiger partial charge >= 0.3 is 0 Å². The van der Waals surface area contributed by atoms with Crippen LogP contribution in [0.15, 0.2) is 40.9 Å². The fourth-order valence-corrected chi connectivity index (χ4v) is 2.87. The number of nitrogens with zero attached hydrogens (tertiary/aromatic N) is 1. The van der Waals surface area contributed by atoms with Gasteiger partial charge in [0, 0.05) is 22.8 Å². The molecule has 0 bridgehead atoms. The van der Waals surface area contributed by atoms with Gasteiger partial charge in [-0.15, -0.1) is 0 Å². The number of halogens is 1. The minimum absolute atomic E-state index is 0.0231. The van der Waals surface area contributed by atoms with Crippen LogP contribution < -0.4 is 10.2 Å². The molecule has 0 saturated heterocycles. The van der Waals surface area contributed by atoms with Gasteiger partial charge in [-0.1, -0.05) is 39.7 Å². The van der Waals surface area contributed by atoms with Crippen molar-refractivity contribution >= 4 is 39.1 Å². The summed E-state index contributed by atoms with van der Waals surface area (Å²) in [7, 11) is 0. The van der Waals surface area contributed by atoms with Crippen LogP contribution in [0.25, 0.3) is 0 Å². The number of amides is 2. The van der Waals surface area contributed by atoms with Gasteiger partial charge in [0.05, 0.1) is 0 Å². The van der Waals surface area contributed by atoms with Gasteiger partial charge in [-0.25, -0.2) is 0 Å². The lowest BCUT2D eigenvalue weighted by atomic mass is 10.1. The lowest BCUT2D eigenvalue weighted by molar-refractivity contribution is -0.120. The summed E-state index contributed by atoms with van der Waals surface area (Å²) in [6.45, 7) is 7.36. The van der Waals surface area contributed by atoms with Crippen LogP contribution in [0.1, 0.15) is 23.6 Å². The smallest absolute Gasteiger partial charge is 0.244 e. The highest BCUT2D eigenvalue weighted by Gasteiger charge is 2.17. The summed E-state index contributed by atoms with van der Waals surface area (Å²) < 4.78 is 0.929. The summed E-state index contributed by atoms with van der Waals surface area (Å²) in [6, 6.07) is 11.4. The van der Waals surface area contributed by atoms with Crippen molar-refractivity contribution in [2.75, 3.05) is 16.8 Å². The molecule has 0 aliphatic heterocycles. The molecule has 4 nitrogen and oxygen atoms in total. The minimum Gasteiger partial charge on any atom is -0.324 e. The fraction of sp³-hybridized carbons (Fsp3) is 0.263. The van der Waals surface area contributed by atoms with E-state index in [1.807, 2.05) is 57.2 Å². The molecular formula is C19H21BrN2O2. The summed E-state index contributed by atoms with van der Waals surface area (Å²) >= 11 is 3.45. The van der Waals surface area contributed by atoms with E-state index >= 15 is 0 Å². The maximum Gasteiger partial charge on any atom is 0.244 e. The predicted molar refractivity (Wildman–Crippen MR) is 101 cm³/mol. The molecule has 0 aliphatic rings. The standard InChI is InChI=1S/C19H21BrN2O2/c1-12-5-8-18(14(3)9-12)22(15(4)23)11-19(24)21-16-7-6-13(2)17(20)10-16/h5-10H,11H2,1-4H3,(H,21,24). The van der Waals surface area contributed by atoms with Crippen molar-refractivity contribution in [1.82, 2.24) is 0 Å². The molecule has 2 amide bonds. The number of carbonyl (C=O) groups excluding carboxylic acids is 2. The average molecular weight is 389 g/mol. The molecule has 0 heterocycles. The zero-order valence-electron chi connectivity index (χ0n) is 14.3. The van der Waals surface area contributed by atoms with Gasteiger partial charge in [0.2, 0.25) is 11.8 Å². The number of carbonyl (C=O) groups is 2. The Hall–Kier alpha value is -2.14. The SMILES string of the molecule is CC(=O)N(CC(=O)Nc1ccc(C)c(Br)c1)c1ccc(C)cc1C. The third-order valence-electron chi connectivity index (χ3n) is 3.78.